The monoisotopic (exact) mass is 457 g/mol. The van der Waals surface area contributed by atoms with Gasteiger partial charge in [0.25, 0.3) is 21.8 Å². The average Bonchev–Trinajstić information content (AvgIpc) is 2.82. The molecule has 10 heteroatoms. The number of halogens is 1. The maximum absolute atomic E-state index is 13.5. The zero-order valence-electron chi connectivity index (χ0n) is 17.0. The van der Waals surface area contributed by atoms with Crippen molar-refractivity contribution in [1.29, 1.82) is 0 Å². The molecule has 3 aromatic rings. The fourth-order valence-corrected chi connectivity index (χ4v) is 3.85. The van der Waals surface area contributed by atoms with Crippen molar-refractivity contribution in [2.75, 3.05) is 18.0 Å². The van der Waals surface area contributed by atoms with Crippen molar-refractivity contribution in [2.45, 2.75) is 4.90 Å². The summed E-state index contributed by atoms with van der Waals surface area (Å²) in [6, 6.07) is 19.4. The molecule has 0 aliphatic rings. The molecule has 0 aliphatic carbocycles. The van der Waals surface area contributed by atoms with E-state index in [0.29, 0.717) is 5.69 Å². The van der Waals surface area contributed by atoms with Crippen molar-refractivity contribution in [1.82, 2.24) is 10.9 Å². The number of hydrogen-bond donors (Lipinski definition) is 2. The third-order valence-corrected chi connectivity index (χ3v) is 6.21. The standard InChI is InChI=1S/C22H20FN3O5S/c1-26(17-7-3-2-4-8-17)32(29,30)18-13-11-16(12-14-18)22(28)25-24-21(27)15-31-20-10-6-5-9-19(20)23/h2-14H,15H2,1H3,(H,24,27)(H,25,28). The SMILES string of the molecule is CN(c1ccccc1)S(=O)(=O)c1ccc(C(=O)NNC(=O)COc2ccccc2F)cc1. The summed E-state index contributed by atoms with van der Waals surface area (Å²) in [6.07, 6.45) is 0. The summed E-state index contributed by atoms with van der Waals surface area (Å²) in [7, 11) is -2.38. The number of rotatable bonds is 7. The molecule has 0 aromatic heterocycles. The molecular formula is C22H20FN3O5S. The second kappa shape index (κ2) is 9.92. The maximum Gasteiger partial charge on any atom is 0.276 e. The molecule has 2 amide bonds. The van der Waals surface area contributed by atoms with Gasteiger partial charge in [-0.3, -0.25) is 24.7 Å². The lowest BCUT2D eigenvalue weighted by Gasteiger charge is -2.19. The van der Waals surface area contributed by atoms with Gasteiger partial charge in [0.15, 0.2) is 18.2 Å². The van der Waals surface area contributed by atoms with Crippen molar-refractivity contribution in [3.8, 4) is 5.75 Å². The van der Waals surface area contributed by atoms with Gasteiger partial charge in [-0.05, 0) is 48.5 Å². The van der Waals surface area contributed by atoms with E-state index in [4.69, 9.17) is 4.74 Å². The first-order chi connectivity index (χ1) is 15.3. The van der Waals surface area contributed by atoms with Crippen LogP contribution in [-0.2, 0) is 14.8 Å². The van der Waals surface area contributed by atoms with Gasteiger partial charge in [0.1, 0.15) is 0 Å². The van der Waals surface area contributed by atoms with Gasteiger partial charge in [0.05, 0.1) is 10.6 Å². The van der Waals surface area contributed by atoms with Crippen LogP contribution in [0.3, 0.4) is 0 Å². The number of carbonyl (C=O) groups is 2. The van der Waals surface area contributed by atoms with Crippen LogP contribution in [0.5, 0.6) is 5.75 Å². The Morgan fingerprint density at radius 3 is 2.19 bits per heavy atom. The van der Waals surface area contributed by atoms with Crippen LogP contribution in [0.25, 0.3) is 0 Å². The van der Waals surface area contributed by atoms with E-state index in [1.165, 1.54) is 49.5 Å². The van der Waals surface area contributed by atoms with E-state index in [2.05, 4.69) is 10.9 Å². The van der Waals surface area contributed by atoms with Gasteiger partial charge < -0.3 is 4.74 Å². The Hall–Kier alpha value is -3.92. The summed E-state index contributed by atoms with van der Waals surface area (Å²) in [6.45, 7) is -0.510. The van der Waals surface area contributed by atoms with Crippen LogP contribution in [-0.4, -0.2) is 33.9 Å². The summed E-state index contributed by atoms with van der Waals surface area (Å²) in [4.78, 5) is 24.0. The minimum atomic E-state index is -3.81. The molecule has 2 N–H and O–H groups in total. The van der Waals surface area contributed by atoms with E-state index in [9.17, 15) is 22.4 Å². The number of carbonyl (C=O) groups excluding carboxylic acids is 2. The largest absolute Gasteiger partial charge is 0.481 e. The van der Waals surface area contributed by atoms with Gasteiger partial charge in [-0.1, -0.05) is 30.3 Å². The predicted octanol–water partition coefficient (Wildman–Crippen LogP) is 2.49. The number of hydrogen-bond acceptors (Lipinski definition) is 5. The Kier molecular flexibility index (Phi) is 7.06. The highest BCUT2D eigenvalue weighted by molar-refractivity contribution is 7.92. The Balaban J connectivity index is 1.56. The Bertz CT molecular complexity index is 1200. The minimum Gasteiger partial charge on any atom is -0.481 e. The van der Waals surface area contributed by atoms with Crippen LogP contribution >= 0.6 is 0 Å². The van der Waals surface area contributed by atoms with E-state index < -0.39 is 34.3 Å². The third kappa shape index (κ3) is 5.41. The lowest BCUT2D eigenvalue weighted by molar-refractivity contribution is -0.123. The number of hydrazine groups is 1. The first kappa shape index (κ1) is 22.8. The Morgan fingerprint density at radius 1 is 0.906 bits per heavy atom. The number of anilines is 1. The molecule has 0 saturated heterocycles. The van der Waals surface area contributed by atoms with Gasteiger partial charge >= 0.3 is 0 Å². The van der Waals surface area contributed by atoms with Crippen LogP contribution < -0.4 is 19.9 Å². The molecule has 0 spiro atoms. The van der Waals surface area contributed by atoms with Crippen LogP contribution in [0.2, 0.25) is 0 Å². The number of para-hydroxylation sites is 2. The quantitative estimate of drug-likeness (QED) is 0.531. The van der Waals surface area contributed by atoms with Gasteiger partial charge in [-0.25, -0.2) is 12.8 Å². The van der Waals surface area contributed by atoms with Crippen molar-refractivity contribution >= 4 is 27.5 Å². The number of ether oxygens (including phenoxy) is 1. The number of nitrogens with one attached hydrogen (secondary N) is 2. The van der Waals surface area contributed by atoms with Gasteiger partial charge in [0.2, 0.25) is 0 Å². The average molecular weight is 457 g/mol. The predicted molar refractivity (Wildman–Crippen MR) is 116 cm³/mol. The fraction of sp³-hybridized carbons (Fsp3) is 0.0909. The molecule has 0 unspecified atom stereocenters. The molecule has 0 radical (unpaired) electrons. The van der Waals surface area contributed by atoms with Gasteiger partial charge in [-0.15, -0.1) is 0 Å². The maximum atomic E-state index is 13.5. The molecule has 0 atom stereocenters. The smallest absolute Gasteiger partial charge is 0.276 e. The molecule has 166 valence electrons. The number of sulfonamides is 1. The molecular weight excluding hydrogens is 437 g/mol. The van der Waals surface area contributed by atoms with E-state index in [1.54, 1.807) is 36.4 Å². The van der Waals surface area contributed by atoms with Crippen LogP contribution in [0.1, 0.15) is 10.4 Å². The van der Waals surface area contributed by atoms with Crippen molar-refractivity contribution in [3.05, 3.63) is 90.2 Å². The fourth-order valence-electron chi connectivity index (χ4n) is 2.65. The molecule has 8 nitrogen and oxygen atoms in total. The highest BCUT2D eigenvalue weighted by Gasteiger charge is 2.21. The highest BCUT2D eigenvalue weighted by atomic mass is 32.2. The summed E-state index contributed by atoms with van der Waals surface area (Å²) in [5.74, 6) is -2.07. The number of nitrogens with zero attached hydrogens (tertiary/aromatic N) is 1. The summed E-state index contributed by atoms with van der Waals surface area (Å²) < 4.78 is 45.2. The first-order valence-corrected chi connectivity index (χ1v) is 10.8. The van der Waals surface area contributed by atoms with Crippen molar-refractivity contribution in [3.63, 3.8) is 0 Å². The van der Waals surface area contributed by atoms with Gasteiger partial charge in [-0.2, -0.15) is 0 Å². The highest BCUT2D eigenvalue weighted by Crippen LogP contribution is 2.22. The lowest BCUT2D eigenvalue weighted by atomic mass is 10.2. The molecule has 0 aliphatic heterocycles. The normalized spacial score (nSPS) is 10.8. The van der Waals surface area contributed by atoms with E-state index in [1.807, 2.05) is 0 Å². The van der Waals surface area contributed by atoms with Crippen LogP contribution in [0.15, 0.2) is 83.8 Å². The molecule has 0 fully saturated rings. The number of amides is 2. The van der Waals surface area contributed by atoms with E-state index in [-0.39, 0.29) is 16.2 Å². The van der Waals surface area contributed by atoms with Gasteiger partial charge in [0, 0.05) is 12.6 Å². The number of benzene rings is 3. The molecule has 0 heterocycles. The molecule has 3 aromatic carbocycles. The van der Waals surface area contributed by atoms with Crippen molar-refractivity contribution in [2.24, 2.45) is 0 Å². The summed E-state index contributed by atoms with van der Waals surface area (Å²) >= 11 is 0. The molecule has 0 saturated carbocycles. The molecule has 3 rings (SSSR count). The first-order valence-electron chi connectivity index (χ1n) is 9.39. The lowest BCUT2D eigenvalue weighted by Crippen LogP contribution is -2.43. The molecule has 0 bridgehead atoms. The Morgan fingerprint density at radius 2 is 1.53 bits per heavy atom. The topological polar surface area (TPSA) is 105 Å². The van der Waals surface area contributed by atoms with E-state index in [0.717, 1.165) is 4.31 Å². The molecule has 32 heavy (non-hydrogen) atoms. The van der Waals surface area contributed by atoms with Crippen molar-refractivity contribution < 1.29 is 27.1 Å². The van der Waals surface area contributed by atoms with Crippen LogP contribution in [0, 0.1) is 5.82 Å². The second-order valence-corrected chi connectivity index (χ2v) is 8.52. The third-order valence-electron chi connectivity index (χ3n) is 4.41. The Labute approximate surface area is 184 Å². The second-order valence-electron chi connectivity index (χ2n) is 6.55. The van der Waals surface area contributed by atoms with E-state index >= 15 is 0 Å². The zero-order chi connectivity index (χ0) is 23.1. The van der Waals surface area contributed by atoms with Crippen LogP contribution in [0.4, 0.5) is 10.1 Å². The zero-order valence-corrected chi connectivity index (χ0v) is 17.8. The minimum absolute atomic E-state index is 0.00252. The summed E-state index contributed by atoms with van der Waals surface area (Å²) in [5, 5.41) is 0. The summed E-state index contributed by atoms with van der Waals surface area (Å²) in [5.41, 5.74) is 4.95.